The Balaban J connectivity index is 0.00000144. The molecule has 0 spiro atoms. The molecule has 0 heterocycles. The number of benzene rings is 2. The van der Waals surface area contributed by atoms with Crippen LogP contribution in [0.15, 0.2) is 42.5 Å². The molecule has 0 radical (unpaired) electrons. The molecule has 1 N–H and O–H groups in total. The number of phenols is 1. The molecule has 0 fully saturated rings. The van der Waals surface area contributed by atoms with Crippen molar-refractivity contribution in [1.82, 2.24) is 0 Å². The van der Waals surface area contributed by atoms with Crippen LogP contribution in [0.5, 0.6) is 11.5 Å². The maximum atomic E-state index is 10.3. The number of ether oxygens (including phenoxy) is 1. The van der Waals surface area contributed by atoms with Gasteiger partial charge in [-0.25, -0.2) is 0 Å². The van der Waals surface area contributed by atoms with Gasteiger partial charge in [-0.1, -0.05) is 23.8 Å². The summed E-state index contributed by atoms with van der Waals surface area (Å²) in [7, 11) is 0. The monoisotopic (exact) mass is 220 g/mol. The van der Waals surface area contributed by atoms with Crippen LogP contribution >= 0.6 is 0 Å². The van der Waals surface area contributed by atoms with Crippen LogP contribution < -0.4 is 23.6 Å². The molecule has 0 bridgehead atoms. The van der Waals surface area contributed by atoms with Crippen LogP contribution in [-0.4, -0.2) is 11.6 Å². The number of hydrogen-bond donors (Lipinski definition) is 1. The third kappa shape index (κ3) is 2.91. The largest absolute Gasteiger partial charge is 1.00 e. The van der Waals surface area contributed by atoms with E-state index in [4.69, 9.17) is 4.74 Å². The molecule has 0 saturated carbocycles. The molecular weight excluding hydrogens is 211 g/mol. The molecule has 0 saturated heterocycles. The summed E-state index contributed by atoms with van der Waals surface area (Å²) in [4.78, 5) is 10.3. The van der Waals surface area contributed by atoms with Crippen LogP contribution in [0.1, 0.15) is 0 Å². The van der Waals surface area contributed by atoms with Crippen LogP contribution in [0.2, 0.25) is 0 Å². The van der Waals surface area contributed by atoms with Gasteiger partial charge in [0.25, 0.3) is 6.47 Å². The minimum Gasteiger partial charge on any atom is -0.508 e. The van der Waals surface area contributed by atoms with Gasteiger partial charge in [-0.05, 0) is 11.6 Å². The summed E-state index contributed by atoms with van der Waals surface area (Å²) in [6.45, 7) is 0.343. The first-order valence-corrected chi connectivity index (χ1v) is 4.72. The maximum absolute atomic E-state index is 10.3. The molecule has 2 aromatic rings. The predicted molar refractivity (Wildman–Crippen MR) is 59.1 cm³/mol. The molecule has 0 aliphatic carbocycles. The summed E-state index contributed by atoms with van der Waals surface area (Å²) in [5.74, 6) is 0.442. The van der Waals surface area contributed by atoms with Gasteiger partial charge in [0.1, 0.15) is 5.75 Å². The first-order valence-electron chi connectivity index (χ1n) is 4.72. The molecule has 80 valence electrons. The molecule has 3 nitrogen and oxygen atoms in total. The summed E-state index contributed by atoms with van der Waals surface area (Å²) < 4.78 is 4.80. The summed E-state index contributed by atoms with van der Waals surface area (Å²) in [5, 5.41) is 9.70. The molecule has 4 heteroatoms. The predicted octanol–water partition coefficient (Wildman–Crippen LogP) is -0.601. The Morgan fingerprint density at radius 1 is 1.12 bits per heavy atom. The number of hydrogen-bond acceptors (Lipinski definition) is 3. The van der Waals surface area contributed by atoms with Crippen molar-refractivity contribution < 1.29 is 33.5 Å². The van der Waals surface area contributed by atoms with E-state index in [9.17, 15) is 9.90 Å². The molecule has 17 heavy (non-hydrogen) atoms. The molecular formula is C13H9LiO3. The fourth-order valence-corrected chi connectivity index (χ4v) is 1.48. The first-order chi connectivity index (χ1) is 7.83. The van der Waals surface area contributed by atoms with Gasteiger partial charge in [0.2, 0.25) is 0 Å². The Morgan fingerprint density at radius 3 is 2.53 bits per heavy atom. The van der Waals surface area contributed by atoms with Crippen molar-refractivity contribution in [2.24, 2.45) is 0 Å². The fraction of sp³-hybridized carbons (Fsp3) is 0. The minimum atomic E-state index is 0. The Bertz CT molecular complexity index is 512. The van der Waals surface area contributed by atoms with E-state index in [-0.39, 0.29) is 24.6 Å². The van der Waals surface area contributed by atoms with Crippen molar-refractivity contribution in [1.29, 1.82) is 0 Å². The number of carbonyl (C=O) groups excluding carboxylic acids is 1. The fourth-order valence-electron chi connectivity index (χ4n) is 1.48. The first kappa shape index (κ1) is 13.4. The summed E-state index contributed by atoms with van der Waals surface area (Å²) in [6.07, 6.45) is 0. The van der Waals surface area contributed by atoms with E-state index in [1.54, 1.807) is 42.5 Å². The SMILES string of the molecule is O=COc1[c-]cccc1-c1ccccc1O.[Li+]. The van der Waals surface area contributed by atoms with Gasteiger partial charge < -0.3 is 9.84 Å². The zero-order valence-corrected chi connectivity index (χ0v) is 9.38. The minimum absolute atomic E-state index is 0. The van der Waals surface area contributed by atoms with Gasteiger partial charge in [-0.2, -0.15) is 18.2 Å². The second kappa shape index (κ2) is 6.14. The molecule has 2 rings (SSSR count). The zero-order chi connectivity index (χ0) is 11.4. The second-order valence-electron chi connectivity index (χ2n) is 3.14. The summed E-state index contributed by atoms with van der Waals surface area (Å²) in [5.41, 5.74) is 1.24. The molecule has 0 aromatic heterocycles. The van der Waals surface area contributed by atoms with Crippen LogP contribution in [0.3, 0.4) is 0 Å². The van der Waals surface area contributed by atoms with E-state index < -0.39 is 0 Å². The van der Waals surface area contributed by atoms with Gasteiger partial charge in [0.05, 0.1) is 0 Å². The van der Waals surface area contributed by atoms with Crippen molar-refractivity contribution >= 4 is 6.47 Å². The van der Waals surface area contributed by atoms with Gasteiger partial charge in [-0.15, -0.1) is 6.07 Å². The molecule has 0 unspecified atom stereocenters. The van der Waals surface area contributed by atoms with Crippen molar-refractivity contribution in [3.63, 3.8) is 0 Å². The van der Waals surface area contributed by atoms with Gasteiger partial charge in [0.15, 0.2) is 0 Å². The van der Waals surface area contributed by atoms with Crippen LogP contribution in [-0.2, 0) is 4.79 Å². The number of para-hydroxylation sites is 2. The molecule has 0 aliphatic heterocycles. The third-order valence-electron chi connectivity index (χ3n) is 2.18. The summed E-state index contributed by atoms with van der Waals surface area (Å²) >= 11 is 0. The van der Waals surface area contributed by atoms with Crippen molar-refractivity contribution in [3.8, 4) is 22.6 Å². The normalized spacial score (nSPS) is 9.18. The average molecular weight is 220 g/mol. The van der Waals surface area contributed by atoms with Crippen LogP contribution in [0.25, 0.3) is 11.1 Å². The van der Waals surface area contributed by atoms with Gasteiger partial charge in [0, 0.05) is 5.75 Å². The molecule has 0 amide bonds. The standard InChI is InChI=1S/C13H9O3.Li/c14-9-16-13-8-4-2-6-11(13)10-5-1-3-7-12(10)15;/h1-7,9,15H;/q-1;+1. The Kier molecular flexibility index (Phi) is 4.83. The van der Waals surface area contributed by atoms with Gasteiger partial charge >= 0.3 is 18.9 Å². The third-order valence-corrected chi connectivity index (χ3v) is 2.18. The van der Waals surface area contributed by atoms with Crippen molar-refractivity contribution in [3.05, 3.63) is 48.5 Å². The Morgan fingerprint density at radius 2 is 1.82 bits per heavy atom. The average Bonchev–Trinajstić information content (AvgIpc) is 2.31. The van der Waals surface area contributed by atoms with Crippen LogP contribution in [0, 0.1) is 6.07 Å². The van der Waals surface area contributed by atoms with Gasteiger partial charge in [-0.3, -0.25) is 4.79 Å². The number of carbonyl (C=O) groups is 1. The number of phenolic OH excluding ortho intramolecular Hbond substituents is 1. The molecule has 0 aliphatic rings. The van der Waals surface area contributed by atoms with E-state index in [1.165, 1.54) is 0 Å². The number of aromatic hydroxyl groups is 1. The quantitative estimate of drug-likeness (QED) is 0.427. The Labute approximate surface area is 111 Å². The molecule has 2 aromatic carbocycles. The van der Waals surface area contributed by atoms with Crippen LogP contribution in [0.4, 0.5) is 0 Å². The van der Waals surface area contributed by atoms with E-state index in [2.05, 4.69) is 6.07 Å². The molecule has 0 atom stereocenters. The van der Waals surface area contributed by atoms with Crippen molar-refractivity contribution in [2.45, 2.75) is 0 Å². The maximum Gasteiger partial charge on any atom is 1.00 e. The topological polar surface area (TPSA) is 46.5 Å². The van der Waals surface area contributed by atoms with E-state index in [1.807, 2.05) is 0 Å². The van der Waals surface area contributed by atoms with E-state index in [0.717, 1.165) is 0 Å². The van der Waals surface area contributed by atoms with E-state index in [0.29, 0.717) is 23.3 Å². The second-order valence-corrected chi connectivity index (χ2v) is 3.14. The van der Waals surface area contributed by atoms with Crippen molar-refractivity contribution in [2.75, 3.05) is 0 Å². The zero-order valence-electron chi connectivity index (χ0n) is 9.38. The smallest absolute Gasteiger partial charge is 0.508 e. The van der Waals surface area contributed by atoms with E-state index >= 15 is 0 Å². The summed E-state index contributed by atoms with van der Waals surface area (Å²) in [6, 6.07) is 14.8. The Hall–Kier alpha value is -1.69. The number of rotatable bonds is 3.